The molecule has 0 unspecified atom stereocenters. The summed E-state index contributed by atoms with van der Waals surface area (Å²) in [5.41, 5.74) is 0. The predicted molar refractivity (Wildman–Crippen MR) is 50.6 cm³/mol. The maximum Gasteiger partial charge on any atom is 0.389 e. The Morgan fingerprint density at radius 1 is 1.25 bits per heavy atom. The summed E-state index contributed by atoms with van der Waals surface area (Å²) in [6.45, 7) is 4.26. The molecule has 0 aliphatic carbocycles. The Morgan fingerprint density at radius 3 is 2.44 bits per heavy atom. The number of nitrogens with one attached hydrogen (secondary N) is 1. The van der Waals surface area contributed by atoms with Gasteiger partial charge in [-0.1, -0.05) is 13.8 Å². The van der Waals surface area contributed by atoms with Gasteiger partial charge in [0.2, 0.25) is 11.8 Å². The summed E-state index contributed by atoms with van der Waals surface area (Å²) in [6.07, 6.45) is -5.39. The van der Waals surface area contributed by atoms with Crippen molar-refractivity contribution in [3.8, 4) is 0 Å². The lowest BCUT2D eigenvalue weighted by Gasteiger charge is -2.03. The molecule has 7 heteroatoms. The summed E-state index contributed by atoms with van der Waals surface area (Å²) < 4.78 is 40.7. The molecule has 1 N–H and O–H groups in total. The van der Waals surface area contributed by atoms with Crippen LogP contribution in [-0.2, 0) is 13.0 Å². The van der Waals surface area contributed by atoms with E-state index in [0.717, 1.165) is 0 Å². The third kappa shape index (κ3) is 5.11. The molecule has 0 saturated heterocycles. The first kappa shape index (κ1) is 13.0. The van der Waals surface area contributed by atoms with Crippen molar-refractivity contribution in [1.29, 1.82) is 0 Å². The molecule has 0 atom stereocenters. The standard InChI is InChI=1S/C9H14F3N3O/c1-6(2)13-5-8-15-14-7(16-8)3-4-9(10,11)12/h6,13H,3-5H2,1-2H3. The summed E-state index contributed by atoms with van der Waals surface area (Å²) >= 11 is 0. The van der Waals surface area contributed by atoms with Crippen molar-refractivity contribution in [3.63, 3.8) is 0 Å². The molecule has 0 radical (unpaired) electrons. The maximum absolute atomic E-state index is 11.9. The number of hydrogen-bond acceptors (Lipinski definition) is 4. The van der Waals surface area contributed by atoms with Crippen LogP contribution in [-0.4, -0.2) is 22.4 Å². The smallest absolute Gasteiger partial charge is 0.389 e. The fraction of sp³-hybridized carbons (Fsp3) is 0.778. The van der Waals surface area contributed by atoms with Gasteiger partial charge in [0.15, 0.2) is 0 Å². The van der Waals surface area contributed by atoms with Gasteiger partial charge in [0.1, 0.15) is 0 Å². The Labute approximate surface area is 91.2 Å². The van der Waals surface area contributed by atoms with E-state index in [-0.39, 0.29) is 18.4 Å². The summed E-state index contributed by atoms with van der Waals surface area (Å²) in [5, 5.41) is 10.2. The summed E-state index contributed by atoms with van der Waals surface area (Å²) in [7, 11) is 0. The van der Waals surface area contributed by atoms with Gasteiger partial charge in [-0.15, -0.1) is 10.2 Å². The number of alkyl halides is 3. The van der Waals surface area contributed by atoms with Gasteiger partial charge in [-0.05, 0) is 0 Å². The topological polar surface area (TPSA) is 51.0 Å². The van der Waals surface area contributed by atoms with Gasteiger partial charge < -0.3 is 9.73 Å². The molecule has 0 amide bonds. The van der Waals surface area contributed by atoms with Gasteiger partial charge in [0.05, 0.1) is 13.0 Å². The van der Waals surface area contributed by atoms with E-state index in [1.54, 1.807) is 0 Å². The van der Waals surface area contributed by atoms with E-state index in [0.29, 0.717) is 12.4 Å². The van der Waals surface area contributed by atoms with Gasteiger partial charge in [-0.25, -0.2) is 0 Å². The fourth-order valence-electron chi connectivity index (χ4n) is 1.00. The molecule has 0 aromatic carbocycles. The molecule has 0 aliphatic heterocycles. The van der Waals surface area contributed by atoms with Crippen LogP contribution in [0.1, 0.15) is 32.0 Å². The van der Waals surface area contributed by atoms with Gasteiger partial charge in [-0.3, -0.25) is 0 Å². The lowest BCUT2D eigenvalue weighted by atomic mass is 10.3. The first-order valence-corrected chi connectivity index (χ1v) is 4.98. The molecule has 16 heavy (non-hydrogen) atoms. The molecule has 0 bridgehead atoms. The number of nitrogens with zero attached hydrogens (tertiary/aromatic N) is 2. The number of rotatable bonds is 5. The van der Waals surface area contributed by atoms with E-state index < -0.39 is 12.6 Å². The van der Waals surface area contributed by atoms with E-state index in [4.69, 9.17) is 4.42 Å². The van der Waals surface area contributed by atoms with Gasteiger partial charge in [0.25, 0.3) is 0 Å². The van der Waals surface area contributed by atoms with Crippen LogP contribution in [0.15, 0.2) is 4.42 Å². The van der Waals surface area contributed by atoms with Crippen molar-refractivity contribution in [2.45, 2.75) is 45.5 Å². The maximum atomic E-state index is 11.9. The fourth-order valence-corrected chi connectivity index (χ4v) is 1.00. The molecule has 0 fully saturated rings. The molecular weight excluding hydrogens is 223 g/mol. The number of aromatic nitrogens is 2. The third-order valence-electron chi connectivity index (χ3n) is 1.79. The molecule has 1 rings (SSSR count). The van der Waals surface area contributed by atoms with Crippen molar-refractivity contribution >= 4 is 0 Å². The normalized spacial score (nSPS) is 12.4. The van der Waals surface area contributed by atoms with E-state index >= 15 is 0 Å². The lowest BCUT2D eigenvalue weighted by molar-refractivity contribution is -0.134. The highest BCUT2D eigenvalue weighted by molar-refractivity contribution is 4.82. The van der Waals surface area contributed by atoms with Gasteiger partial charge in [-0.2, -0.15) is 13.2 Å². The average Bonchev–Trinajstić information content (AvgIpc) is 2.58. The quantitative estimate of drug-likeness (QED) is 0.851. The van der Waals surface area contributed by atoms with Crippen LogP contribution >= 0.6 is 0 Å². The minimum absolute atomic E-state index is 0.0258. The minimum atomic E-state index is -4.19. The molecular formula is C9H14F3N3O. The first-order chi connectivity index (χ1) is 7.37. The summed E-state index contributed by atoms with van der Waals surface area (Å²) in [5.74, 6) is 0.337. The third-order valence-corrected chi connectivity index (χ3v) is 1.79. The average molecular weight is 237 g/mol. The molecule has 0 saturated carbocycles. The molecule has 1 aromatic heterocycles. The summed E-state index contributed by atoms with van der Waals surface area (Å²) in [4.78, 5) is 0. The zero-order chi connectivity index (χ0) is 12.2. The van der Waals surface area contributed by atoms with Crippen LogP contribution in [0.3, 0.4) is 0 Å². The van der Waals surface area contributed by atoms with Crippen LogP contribution in [0.5, 0.6) is 0 Å². The van der Waals surface area contributed by atoms with E-state index in [9.17, 15) is 13.2 Å². The zero-order valence-electron chi connectivity index (χ0n) is 9.14. The van der Waals surface area contributed by atoms with Crippen LogP contribution in [0.2, 0.25) is 0 Å². The van der Waals surface area contributed by atoms with Crippen molar-refractivity contribution in [2.75, 3.05) is 0 Å². The molecule has 1 aromatic rings. The van der Waals surface area contributed by atoms with Crippen LogP contribution < -0.4 is 5.32 Å². The number of hydrogen-bond donors (Lipinski definition) is 1. The molecule has 0 spiro atoms. The molecule has 92 valence electrons. The van der Waals surface area contributed by atoms with Crippen molar-refractivity contribution in [3.05, 3.63) is 11.8 Å². The van der Waals surface area contributed by atoms with Crippen molar-refractivity contribution < 1.29 is 17.6 Å². The second-order valence-electron chi connectivity index (χ2n) is 3.74. The zero-order valence-corrected chi connectivity index (χ0v) is 9.14. The van der Waals surface area contributed by atoms with Gasteiger partial charge >= 0.3 is 6.18 Å². The molecule has 0 aliphatic rings. The van der Waals surface area contributed by atoms with Crippen molar-refractivity contribution in [2.24, 2.45) is 0 Å². The Morgan fingerprint density at radius 2 is 1.88 bits per heavy atom. The van der Waals surface area contributed by atoms with Crippen LogP contribution in [0.4, 0.5) is 13.2 Å². The first-order valence-electron chi connectivity index (χ1n) is 4.98. The second kappa shape index (κ2) is 5.29. The number of aryl methyl sites for hydroxylation is 1. The Hall–Kier alpha value is -1.11. The predicted octanol–water partition coefficient (Wildman–Crippen LogP) is 2.06. The minimum Gasteiger partial charge on any atom is -0.424 e. The van der Waals surface area contributed by atoms with E-state index in [2.05, 4.69) is 15.5 Å². The van der Waals surface area contributed by atoms with E-state index in [1.807, 2.05) is 13.8 Å². The number of halogens is 3. The Balaban J connectivity index is 2.39. The second-order valence-corrected chi connectivity index (χ2v) is 3.74. The summed E-state index contributed by atoms with van der Waals surface area (Å²) in [6, 6.07) is 0.255. The monoisotopic (exact) mass is 237 g/mol. The SMILES string of the molecule is CC(C)NCc1nnc(CCC(F)(F)F)o1. The Bertz CT molecular complexity index is 322. The Kier molecular flexibility index (Phi) is 4.28. The van der Waals surface area contributed by atoms with Gasteiger partial charge in [0, 0.05) is 12.5 Å². The molecule has 1 heterocycles. The van der Waals surface area contributed by atoms with E-state index in [1.165, 1.54) is 0 Å². The highest BCUT2D eigenvalue weighted by Crippen LogP contribution is 2.21. The van der Waals surface area contributed by atoms with Crippen LogP contribution in [0.25, 0.3) is 0 Å². The highest BCUT2D eigenvalue weighted by Gasteiger charge is 2.27. The highest BCUT2D eigenvalue weighted by atomic mass is 19.4. The lowest BCUT2D eigenvalue weighted by Crippen LogP contribution is -2.21. The molecule has 4 nitrogen and oxygen atoms in total. The largest absolute Gasteiger partial charge is 0.424 e. The van der Waals surface area contributed by atoms with Crippen molar-refractivity contribution in [1.82, 2.24) is 15.5 Å². The van der Waals surface area contributed by atoms with Crippen LogP contribution in [0, 0.1) is 0 Å².